The Hall–Kier alpha value is -1.35. The van der Waals surface area contributed by atoms with Crippen molar-refractivity contribution in [2.45, 2.75) is 52.5 Å². The van der Waals surface area contributed by atoms with Crippen molar-refractivity contribution in [1.82, 2.24) is 5.32 Å². The molecule has 0 fully saturated rings. The van der Waals surface area contributed by atoms with Crippen molar-refractivity contribution in [2.75, 3.05) is 6.54 Å². The zero-order valence-corrected chi connectivity index (χ0v) is 13.2. The van der Waals surface area contributed by atoms with Crippen molar-refractivity contribution in [3.05, 3.63) is 35.9 Å². The van der Waals surface area contributed by atoms with Crippen molar-refractivity contribution in [3.63, 3.8) is 0 Å². The van der Waals surface area contributed by atoms with Gasteiger partial charge in [-0.05, 0) is 44.1 Å². The summed E-state index contributed by atoms with van der Waals surface area (Å²) in [6, 6.07) is 10.5. The predicted molar refractivity (Wildman–Crippen MR) is 84.4 cm³/mol. The lowest BCUT2D eigenvalue weighted by atomic mass is 9.86. The van der Waals surface area contributed by atoms with Crippen LogP contribution in [0.5, 0.6) is 0 Å². The number of aryl methyl sites for hydroxylation is 1. The lowest BCUT2D eigenvalue weighted by Crippen LogP contribution is -2.51. The predicted octanol–water partition coefficient (Wildman–Crippen LogP) is 2.89. The summed E-state index contributed by atoms with van der Waals surface area (Å²) >= 11 is 0. The number of rotatable bonds is 7. The van der Waals surface area contributed by atoms with Gasteiger partial charge in [0.25, 0.3) is 0 Å². The molecule has 3 nitrogen and oxygen atoms in total. The van der Waals surface area contributed by atoms with Crippen LogP contribution in [0.15, 0.2) is 30.3 Å². The van der Waals surface area contributed by atoms with Gasteiger partial charge in [-0.15, -0.1) is 0 Å². The molecule has 0 aliphatic heterocycles. The molecule has 0 aliphatic carbocycles. The van der Waals surface area contributed by atoms with Gasteiger partial charge in [-0.25, -0.2) is 0 Å². The largest absolute Gasteiger partial charge is 0.354 e. The van der Waals surface area contributed by atoms with Crippen LogP contribution in [0, 0.1) is 5.41 Å². The van der Waals surface area contributed by atoms with Gasteiger partial charge in [0.05, 0.1) is 5.54 Å². The lowest BCUT2D eigenvalue weighted by Gasteiger charge is -2.27. The fourth-order valence-corrected chi connectivity index (χ4v) is 2.05. The van der Waals surface area contributed by atoms with Crippen molar-refractivity contribution < 1.29 is 4.79 Å². The third-order valence-electron chi connectivity index (χ3n) is 3.47. The minimum Gasteiger partial charge on any atom is -0.354 e. The van der Waals surface area contributed by atoms with Crippen LogP contribution in [0.2, 0.25) is 0 Å². The van der Waals surface area contributed by atoms with Gasteiger partial charge >= 0.3 is 0 Å². The molecule has 0 unspecified atom stereocenters. The fraction of sp³-hybridized carbons (Fsp3) is 0.588. The topological polar surface area (TPSA) is 55.1 Å². The second-order valence-corrected chi connectivity index (χ2v) is 6.91. The van der Waals surface area contributed by atoms with Crippen LogP contribution in [-0.2, 0) is 11.2 Å². The Kier molecular flexibility index (Phi) is 5.75. The highest BCUT2D eigenvalue weighted by Crippen LogP contribution is 2.22. The number of nitrogens with two attached hydrogens (primary N) is 1. The summed E-state index contributed by atoms with van der Waals surface area (Å²) < 4.78 is 0. The molecule has 1 aromatic rings. The summed E-state index contributed by atoms with van der Waals surface area (Å²) in [5, 5.41) is 2.95. The molecule has 0 saturated carbocycles. The highest BCUT2D eigenvalue weighted by atomic mass is 16.2. The molecule has 20 heavy (non-hydrogen) atoms. The normalized spacial score (nSPS) is 12.2. The Morgan fingerprint density at radius 2 is 1.75 bits per heavy atom. The number of hydrogen-bond donors (Lipinski definition) is 2. The van der Waals surface area contributed by atoms with Crippen molar-refractivity contribution in [2.24, 2.45) is 11.1 Å². The molecular formula is C17H28N2O. The monoisotopic (exact) mass is 276 g/mol. The highest BCUT2D eigenvalue weighted by molar-refractivity contribution is 5.85. The molecule has 0 radical (unpaired) electrons. The van der Waals surface area contributed by atoms with Crippen molar-refractivity contribution >= 4 is 5.91 Å². The number of benzene rings is 1. The number of amides is 1. The standard InChI is InChI=1S/C17H28N2O/c1-16(2,13-19-15(20)17(3,4)18)12-8-11-14-9-6-5-7-10-14/h5-7,9-10H,8,11-13,18H2,1-4H3,(H,19,20). The Morgan fingerprint density at radius 1 is 1.15 bits per heavy atom. The zero-order valence-electron chi connectivity index (χ0n) is 13.2. The van der Waals surface area contributed by atoms with Crippen LogP contribution in [0.1, 0.15) is 46.1 Å². The van der Waals surface area contributed by atoms with E-state index in [0.717, 1.165) is 19.3 Å². The fourth-order valence-electron chi connectivity index (χ4n) is 2.05. The van der Waals surface area contributed by atoms with E-state index in [9.17, 15) is 4.79 Å². The van der Waals surface area contributed by atoms with E-state index in [-0.39, 0.29) is 11.3 Å². The first kappa shape index (κ1) is 16.7. The first-order chi connectivity index (χ1) is 9.21. The van der Waals surface area contributed by atoms with E-state index in [4.69, 9.17) is 5.73 Å². The average Bonchev–Trinajstić information content (AvgIpc) is 2.36. The molecular weight excluding hydrogens is 248 g/mol. The molecule has 0 aliphatic rings. The Bertz CT molecular complexity index is 418. The van der Waals surface area contributed by atoms with Crippen LogP contribution >= 0.6 is 0 Å². The third-order valence-corrected chi connectivity index (χ3v) is 3.47. The summed E-state index contributed by atoms with van der Waals surface area (Å²) in [6.07, 6.45) is 3.28. The highest BCUT2D eigenvalue weighted by Gasteiger charge is 2.24. The molecule has 1 aromatic carbocycles. The number of carbonyl (C=O) groups is 1. The second-order valence-electron chi connectivity index (χ2n) is 6.91. The summed E-state index contributed by atoms with van der Waals surface area (Å²) in [7, 11) is 0. The summed E-state index contributed by atoms with van der Waals surface area (Å²) in [6.45, 7) is 8.49. The maximum absolute atomic E-state index is 11.8. The van der Waals surface area contributed by atoms with Crippen molar-refractivity contribution in [1.29, 1.82) is 0 Å². The van der Waals surface area contributed by atoms with Gasteiger partial charge in [0.1, 0.15) is 0 Å². The van der Waals surface area contributed by atoms with Crippen LogP contribution in [0.3, 0.4) is 0 Å². The smallest absolute Gasteiger partial charge is 0.239 e. The van der Waals surface area contributed by atoms with Gasteiger partial charge in [-0.3, -0.25) is 4.79 Å². The van der Waals surface area contributed by atoms with E-state index in [0.29, 0.717) is 6.54 Å². The Balaban J connectivity index is 2.33. The number of carbonyl (C=O) groups excluding carboxylic acids is 1. The minimum absolute atomic E-state index is 0.0892. The first-order valence-corrected chi connectivity index (χ1v) is 7.32. The molecule has 0 spiro atoms. The van der Waals surface area contributed by atoms with Crippen molar-refractivity contribution in [3.8, 4) is 0 Å². The van der Waals surface area contributed by atoms with Gasteiger partial charge in [0.2, 0.25) is 5.91 Å². The molecule has 1 amide bonds. The third kappa shape index (κ3) is 6.20. The summed E-state index contributed by atoms with van der Waals surface area (Å²) in [5.41, 5.74) is 6.43. The Morgan fingerprint density at radius 3 is 2.30 bits per heavy atom. The maximum atomic E-state index is 11.8. The van der Waals surface area contributed by atoms with E-state index >= 15 is 0 Å². The van der Waals surface area contributed by atoms with E-state index in [2.05, 4.69) is 43.4 Å². The lowest BCUT2D eigenvalue weighted by molar-refractivity contribution is -0.125. The molecule has 1 rings (SSSR count). The van der Waals surface area contributed by atoms with Crippen LogP contribution in [-0.4, -0.2) is 18.0 Å². The summed E-state index contributed by atoms with van der Waals surface area (Å²) in [5.74, 6) is -0.0892. The maximum Gasteiger partial charge on any atom is 0.239 e. The molecule has 0 aromatic heterocycles. The molecule has 0 atom stereocenters. The second kappa shape index (κ2) is 6.89. The van der Waals surface area contributed by atoms with Gasteiger partial charge in [0, 0.05) is 6.54 Å². The van der Waals surface area contributed by atoms with Gasteiger partial charge in [0.15, 0.2) is 0 Å². The molecule has 3 N–H and O–H groups in total. The Labute approximate surface area is 122 Å². The van der Waals surface area contributed by atoms with E-state index in [1.165, 1.54) is 5.56 Å². The minimum atomic E-state index is -0.805. The van der Waals surface area contributed by atoms with Crippen LogP contribution < -0.4 is 11.1 Å². The van der Waals surface area contributed by atoms with Crippen LogP contribution in [0.25, 0.3) is 0 Å². The molecule has 3 heteroatoms. The number of hydrogen-bond acceptors (Lipinski definition) is 2. The van der Waals surface area contributed by atoms with E-state index < -0.39 is 5.54 Å². The van der Waals surface area contributed by atoms with Gasteiger partial charge < -0.3 is 11.1 Å². The number of nitrogens with one attached hydrogen (secondary N) is 1. The summed E-state index contributed by atoms with van der Waals surface area (Å²) in [4.78, 5) is 11.8. The SMILES string of the molecule is CC(C)(CCCc1ccccc1)CNC(=O)C(C)(C)N. The van der Waals surface area contributed by atoms with Gasteiger partial charge in [-0.1, -0.05) is 44.2 Å². The zero-order chi connectivity index (χ0) is 15.2. The van der Waals surface area contributed by atoms with E-state index in [1.807, 2.05) is 6.07 Å². The van der Waals surface area contributed by atoms with Crippen LogP contribution in [0.4, 0.5) is 0 Å². The van der Waals surface area contributed by atoms with E-state index in [1.54, 1.807) is 13.8 Å². The molecule has 0 heterocycles. The quantitative estimate of drug-likeness (QED) is 0.804. The molecule has 0 saturated heterocycles. The average molecular weight is 276 g/mol. The molecule has 0 bridgehead atoms. The van der Waals surface area contributed by atoms with Gasteiger partial charge in [-0.2, -0.15) is 0 Å². The first-order valence-electron chi connectivity index (χ1n) is 7.32. The molecule has 112 valence electrons.